The Bertz CT molecular complexity index is 716. The van der Waals surface area contributed by atoms with E-state index in [1.54, 1.807) is 17.1 Å². The Hall–Kier alpha value is -2.48. The standard InChI is InChI=1S/C16H21FN6O/c1-12-9-22(5-6-24-12)16(18)19-8-15-20-11-23(21-15)10-13-3-2-4-14(17)7-13/h2-4,7,11-12H,5-6,8-10H2,1H3,(H2,18,19). The maximum atomic E-state index is 13.2. The summed E-state index contributed by atoms with van der Waals surface area (Å²) in [4.78, 5) is 10.6. The van der Waals surface area contributed by atoms with Crippen LogP contribution in [0.15, 0.2) is 35.6 Å². The molecule has 2 aromatic rings. The molecule has 2 heterocycles. The van der Waals surface area contributed by atoms with E-state index in [1.165, 1.54) is 12.1 Å². The molecule has 1 atom stereocenters. The molecule has 0 spiro atoms. The van der Waals surface area contributed by atoms with E-state index in [2.05, 4.69) is 15.1 Å². The van der Waals surface area contributed by atoms with Crippen molar-refractivity contribution in [2.24, 2.45) is 10.7 Å². The van der Waals surface area contributed by atoms with Gasteiger partial charge in [0.2, 0.25) is 0 Å². The second-order valence-corrected chi connectivity index (χ2v) is 5.79. The first kappa shape index (κ1) is 16.4. The van der Waals surface area contributed by atoms with Crippen molar-refractivity contribution >= 4 is 5.96 Å². The molecule has 0 radical (unpaired) electrons. The molecule has 3 rings (SSSR count). The fourth-order valence-electron chi connectivity index (χ4n) is 2.58. The monoisotopic (exact) mass is 332 g/mol. The van der Waals surface area contributed by atoms with Crippen molar-refractivity contribution < 1.29 is 9.13 Å². The molecule has 1 aromatic heterocycles. The molecule has 1 aromatic carbocycles. The number of ether oxygens (including phenoxy) is 1. The quantitative estimate of drug-likeness (QED) is 0.667. The third-order valence-corrected chi connectivity index (χ3v) is 3.77. The maximum absolute atomic E-state index is 13.2. The van der Waals surface area contributed by atoms with Crippen molar-refractivity contribution in [3.8, 4) is 0 Å². The van der Waals surface area contributed by atoms with E-state index < -0.39 is 0 Å². The van der Waals surface area contributed by atoms with Gasteiger partial charge in [-0.3, -0.25) is 0 Å². The average molecular weight is 332 g/mol. The minimum atomic E-state index is -0.259. The van der Waals surface area contributed by atoms with Gasteiger partial charge in [0.05, 0.1) is 19.3 Å². The van der Waals surface area contributed by atoms with E-state index in [0.29, 0.717) is 31.5 Å². The molecule has 7 nitrogen and oxygen atoms in total. The van der Waals surface area contributed by atoms with Gasteiger partial charge in [0.25, 0.3) is 0 Å². The molecular formula is C16H21FN6O. The zero-order valence-electron chi connectivity index (χ0n) is 13.6. The van der Waals surface area contributed by atoms with Gasteiger partial charge in [-0.25, -0.2) is 19.0 Å². The van der Waals surface area contributed by atoms with Crippen LogP contribution in [-0.2, 0) is 17.8 Å². The van der Waals surface area contributed by atoms with Gasteiger partial charge in [-0.15, -0.1) is 0 Å². The largest absolute Gasteiger partial charge is 0.375 e. The molecule has 24 heavy (non-hydrogen) atoms. The summed E-state index contributed by atoms with van der Waals surface area (Å²) >= 11 is 0. The lowest BCUT2D eigenvalue weighted by Gasteiger charge is -2.31. The van der Waals surface area contributed by atoms with E-state index in [0.717, 1.165) is 18.7 Å². The van der Waals surface area contributed by atoms with Crippen molar-refractivity contribution in [2.75, 3.05) is 19.7 Å². The fourth-order valence-corrected chi connectivity index (χ4v) is 2.58. The predicted octanol–water partition coefficient (Wildman–Crippen LogP) is 1.00. The second kappa shape index (κ2) is 7.39. The Morgan fingerprint density at radius 1 is 1.50 bits per heavy atom. The predicted molar refractivity (Wildman–Crippen MR) is 87.8 cm³/mol. The van der Waals surface area contributed by atoms with Gasteiger partial charge in [-0.1, -0.05) is 12.1 Å². The Balaban J connectivity index is 1.58. The van der Waals surface area contributed by atoms with E-state index in [9.17, 15) is 4.39 Å². The number of aromatic nitrogens is 3. The highest BCUT2D eigenvalue weighted by atomic mass is 19.1. The molecule has 1 aliphatic rings. The minimum absolute atomic E-state index is 0.149. The van der Waals surface area contributed by atoms with Gasteiger partial charge in [0.1, 0.15) is 18.7 Å². The maximum Gasteiger partial charge on any atom is 0.191 e. The van der Waals surface area contributed by atoms with E-state index in [4.69, 9.17) is 10.5 Å². The van der Waals surface area contributed by atoms with E-state index in [1.807, 2.05) is 17.9 Å². The first-order chi connectivity index (χ1) is 11.6. The summed E-state index contributed by atoms with van der Waals surface area (Å²) in [7, 11) is 0. The lowest BCUT2D eigenvalue weighted by molar-refractivity contribution is 0.00528. The van der Waals surface area contributed by atoms with Crippen LogP contribution in [0.3, 0.4) is 0 Å². The number of hydrogen-bond donors (Lipinski definition) is 1. The topological polar surface area (TPSA) is 81.6 Å². The van der Waals surface area contributed by atoms with Crippen LogP contribution in [0, 0.1) is 5.82 Å². The molecule has 8 heteroatoms. The van der Waals surface area contributed by atoms with Crippen LogP contribution in [-0.4, -0.2) is 51.4 Å². The number of nitrogens with zero attached hydrogens (tertiary/aromatic N) is 5. The average Bonchev–Trinajstić information content (AvgIpc) is 3.00. The van der Waals surface area contributed by atoms with Crippen LogP contribution in [0.2, 0.25) is 0 Å². The van der Waals surface area contributed by atoms with E-state index in [-0.39, 0.29) is 11.9 Å². The normalized spacial score (nSPS) is 18.8. The van der Waals surface area contributed by atoms with Gasteiger partial charge < -0.3 is 15.4 Å². The lowest BCUT2D eigenvalue weighted by atomic mass is 10.2. The SMILES string of the molecule is CC1CN(C(N)=NCc2ncn(Cc3cccc(F)c3)n2)CCO1. The van der Waals surface area contributed by atoms with Crippen LogP contribution in [0.25, 0.3) is 0 Å². The van der Waals surface area contributed by atoms with Crippen molar-refractivity contribution in [2.45, 2.75) is 26.1 Å². The van der Waals surface area contributed by atoms with Gasteiger partial charge in [0, 0.05) is 13.1 Å². The molecule has 2 N–H and O–H groups in total. The Morgan fingerprint density at radius 2 is 2.38 bits per heavy atom. The first-order valence-electron chi connectivity index (χ1n) is 7.89. The van der Waals surface area contributed by atoms with Crippen molar-refractivity contribution in [3.63, 3.8) is 0 Å². The van der Waals surface area contributed by atoms with Crippen LogP contribution in [0.5, 0.6) is 0 Å². The van der Waals surface area contributed by atoms with Gasteiger partial charge in [-0.2, -0.15) is 5.10 Å². The van der Waals surface area contributed by atoms with Crippen LogP contribution >= 0.6 is 0 Å². The summed E-state index contributed by atoms with van der Waals surface area (Å²) in [5, 5.41) is 4.34. The van der Waals surface area contributed by atoms with Crippen LogP contribution < -0.4 is 5.73 Å². The van der Waals surface area contributed by atoms with E-state index >= 15 is 0 Å². The zero-order valence-corrected chi connectivity index (χ0v) is 13.6. The smallest absolute Gasteiger partial charge is 0.191 e. The van der Waals surface area contributed by atoms with Crippen LogP contribution in [0.1, 0.15) is 18.3 Å². The molecule has 0 amide bonds. The summed E-state index contributed by atoms with van der Waals surface area (Å²) in [5.41, 5.74) is 6.85. The van der Waals surface area contributed by atoms with Gasteiger partial charge in [-0.05, 0) is 24.6 Å². The highest BCUT2D eigenvalue weighted by molar-refractivity contribution is 5.78. The van der Waals surface area contributed by atoms with Gasteiger partial charge >= 0.3 is 0 Å². The summed E-state index contributed by atoms with van der Waals surface area (Å²) in [6.45, 7) is 4.91. The molecule has 0 saturated carbocycles. The number of nitrogens with two attached hydrogens (primary N) is 1. The highest BCUT2D eigenvalue weighted by Crippen LogP contribution is 2.06. The second-order valence-electron chi connectivity index (χ2n) is 5.79. The molecule has 1 aliphatic heterocycles. The number of hydrogen-bond acceptors (Lipinski definition) is 4. The number of halogens is 1. The third-order valence-electron chi connectivity index (χ3n) is 3.77. The Kier molecular flexibility index (Phi) is 5.05. The first-order valence-corrected chi connectivity index (χ1v) is 7.89. The van der Waals surface area contributed by atoms with Crippen molar-refractivity contribution in [3.05, 3.63) is 47.8 Å². The molecule has 128 valence electrons. The van der Waals surface area contributed by atoms with Gasteiger partial charge in [0.15, 0.2) is 11.8 Å². The van der Waals surface area contributed by atoms with Crippen molar-refractivity contribution in [1.82, 2.24) is 19.7 Å². The molecule has 0 bridgehead atoms. The zero-order chi connectivity index (χ0) is 16.9. The Morgan fingerprint density at radius 3 is 3.17 bits per heavy atom. The third kappa shape index (κ3) is 4.29. The number of morpholine rings is 1. The molecule has 0 aliphatic carbocycles. The number of rotatable bonds is 4. The molecule has 1 unspecified atom stereocenters. The van der Waals surface area contributed by atoms with Crippen LogP contribution in [0.4, 0.5) is 4.39 Å². The molecule has 1 fully saturated rings. The summed E-state index contributed by atoms with van der Waals surface area (Å²) in [6.07, 6.45) is 1.76. The fraction of sp³-hybridized carbons (Fsp3) is 0.438. The Labute approximate surface area is 140 Å². The molecular weight excluding hydrogens is 311 g/mol. The summed E-state index contributed by atoms with van der Waals surface area (Å²) in [6, 6.07) is 6.42. The summed E-state index contributed by atoms with van der Waals surface area (Å²) in [5.74, 6) is 0.798. The lowest BCUT2D eigenvalue weighted by Crippen LogP contribution is -2.47. The highest BCUT2D eigenvalue weighted by Gasteiger charge is 2.18. The number of aliphatic imine (C=N–C) groups is 1. The summed E-state index contributed by atoms with van der Waals surface area (Å²) < 4.78 is 20.3. The van der Waals surface area contributed by atoms with Crippen molar-refractivity contribution in [1.29, 1.82) is 0 Å². The minimum Gasteiger partial charge on any atom is -0.375 e. The number of benzene rings is 1. The molecule has 1 saturated heterocycles. The number of guanidine groups is 1.